The van der Waals surface area contributed by atoms with Crippen LogP contribution in [0.5, 0.6) is 0 Å². The third-order valence-electron chi connectivity index (χ3n) is 4.48. The van der Waals surface area contributed by atoms with Gasteiger partial charge in [-0.25, -0.2) is 0 Å². The van der Waals surface area contributed by atoms with Crippen LogP contribution in [0.15, 0.2) is 49.2 Å². The van der Waals surface area contributed by atoms with Gasteiger partial charge in [0.2, 0.25) is 5.91 Å². The number of aryl methyl sites for hydroxylation is 1. The van der Waals surface area contributed by atoms with E-state index in [2.05, 4.69) is 33.7 Å². The molecule has 1 aromatic carbocycles. The summed E-state index contributed by atoms with van der Waals surface area (Å²) >= 11 is 1.48. The Morgan fingerprint density at radius 2 is 2.15 bits per heavy atom. The number of hydrogen-bond donors (Lipinski definition) is 2. The quantitative estimate of drug-likeness (QED) is 0.460. The zero-order valence-electron chi connectivity index (χ0n) is 15.7. The molecule has 5 nitrogen and oxygen atoms in total. The standard InChI is InChI=1S/C21H24N4OS/c1-4-5-8-17-15(2)25(3)14-16(17)13-20(26)22-11-12-23-21-18-9-6-7-10-19(18)27-24-21/h4-10,14H,1,11-13H2,2-3H3,(H,22,26)(H,23,24)/b8-5-. The predicted octanol–water partition coefficient (Wildman–Crippen LogP) is 3.91. The summed E-state index contributed by atoms with van der Waals surface area (Å²) in [6.45, 7) is 6.94. The van der Waals surface area contributed by atoms with E-state index in [9.17, 15) is 4.79 Å². The number of nitrogens with one attached hydrogen (secondary N) is 2. The van der Waals surface area contributed by atoms with Gasteiger partial charge in [0.05, 0.1) is 11.1 Å². The van der Waals surface area contributed by atoms with Gasteiger partial charge in [0.15, 0.2) is 0 Å². The first-order valence-electron chi connectivity index (χ1n) is 8.89. The number of fused-ring (bicyclic) bond motifs is 1. The van der Waals surface area contributed by atoms with Crippen LogP contribution in [-0.2, 0) is 18.3 Å². The van der Waals surface area contributed by atoms with Crippen molar-refractivity contribution in [2.45, 2.75) is 13.3 Å². The Hall–Kier alpha value is -2.86. The van der Waals surface area contributed by atoms with Gasteiger partial charge in [0.25, 0.3) is 0 Å². The minimum atomic E-state index is 0.0128. The molecule has 0 atom stereocenters. The molecule has 3 aromatic rings. The van der Waals surface area contributed by atoms with E-state index in [-0.39, 0.29) is 5.91 Å². The van der Waals surface area contributed by atoms with Gasteiger partial charge in [-0.05, 0) is 41.7 Å². The number of carbonyl (C=O) groups excluding carboxylic acids is 1. The largest absolute Gasteiger partial charge is 0.367 e. The smallest absolute Gasteiger partial charge is 0.224 e. The molecule has 0 aliphatic heterocycles. The number of allylic oxidation sites excluding steroid dienone is 2. The summed E-state index contributed by atoms with van der Waals surface area (Å²) in [6.07, 6.45) is 8.01. The minimum Gasteiger partial charge on any atom is -0.367 e. The van der Waals surface area contributed by atoms with Crippen LogP contribution in [0.3, 0.4) is 0 Å². The molecule has 0 aliphatic carbocycles. The number of rotatable bonds is 8. The number of amides is 1. The Labute approximate surface area is 163 Å². The van der Waals surface area contributed by atoms with Crippen LogP contribution < -0.4 is 10.6 Å². The maximum atomic E-state index is 12.3. The Kier molecular flexibility index (Phi) is 6.08. The molecule has 0 spiro atoms. The van der Waals surface area contributed by atoms with Crippen LogP contribution in [-0.4, -0.2) is 27.9 Å². The fourth-order valence-corrected chi connectivity index (χ4v) is 3.74. The average Bonchev–Trinajstić information content (AvgIpc) is 3.19. The summed E-state index contributed by atoms with van der Waals surface area (Å²) < 4.78 is 7.63. The van der Waals surface area contributed by atoms with Crippen molar-refractivity contribution in [1.82, 2.24) is 14.3 Å². The summed E-state index contributed by atoms with van der Waals surface area (Å²) in [5, 5.41) is 7.39. The van der Waals surface area contributed by atoms with E-state index < -0.39 is 0 Å². The Morgan fingerprint density at radius 1 is 1.33 bits per heavy atom. The van der Waals surface area contributed by atoms with Gasteiger partial charge in [0, 0.05) is 37.4 Å². The van der Waals surface area contributed by atoms with Crippen molar-refractivity contribution in [1.29, 1.82) is 0 Å². The van der Waals surface area contributed by atoms with Gasteiger partial charge in [-0.3, -0.25) is 4.79 Å². The Bertz CT molecular complexity index is 983. The zero-order chi connectivity index (χ0) is 19.2. The van der Waals surface area contributed by atoms with Crippen molar-refractivity contribution in [2.24, 2.45) is 7.05 Å². The molecule has 3 rings (SSSR count). The fourth-order valence-electron chi connectivity index (χ4n) is 2.99. The fraction of sp³-hybridized carbons (Fsp3) is 0.238. The van der Waals surface area contributed by atoms with Crippen LogP contribution in [0, 0.1) is 6.92 Å². The molecule has 0 unspecified atom stereocenters. The third-order valence-corrected chi connectivity index (χ3v) is 5.31. The summed E-state index contributed by atoms with van der Waals surface area (Å²) in [5.41, 5.74) is 3.23. The lowest BCUT2D eigenvalue weighted by molar-refractivity contribution is -0.120. The second-order valence-electron chi connectivity index (χ2n) is 6.34. The molecule has 6 heteroatoms. The van der Waals surface area contributed by atoms with Crippen molar-refractivity contribution >= 4 is 39.4 Å². The van der Waals surface area contributed by atoms with Gasteiger partial charge in [-0.1, -0.05) is 36.9 Å². The lowest BCUT2D eigenvalue weighted by atomic mass is 10.1. The first-order valence-corrected chi connectivity index (χ1v) is 9.66. The van der Waals surface area contributed by atoms with E-state index >= 15 is 0 Å². The van der Waals surface area contributed by atoms with Crippen LogP contribution in [0.4, 0.5) is 5.82 Å². The number of benzene rings is 1. The normalized spacial score (nSPS) is 11.2. The molecule has 2 N–H and O–H groups in total. The lowest BCUT2D eigenvalue weighted by Gasteiger charge is -2.07. The summed E-state index contributed by atoms with van der Waals surface area (Å²) in [5.74, 6) is 0.888. The van der Waals surface area contributed by atoms with E-state index in [1.807, 2.05) is 49.0 Å². The molecule has 0 fully saturated rings. The first kappa shape index (κ1) is 18.9. The molecule has 0 bridgehead atoms. The highest BCUT2D eigenvalue weighted by Gasteiger charge is 2.12. The monoisotopic (exact) mass is 380 g/mol. The first-order chi connectivity index (χ1) is 13.1. The summed E-state index contributed by atoms with van der Waals surface area (Å²) in [4.78, 5) is 12.3. The number of carbonyl (C=O) groups is 1. The van der Waals surface area contributed by atoms with E-state index in [0.717, 1.165) is 32.7 Å². The van der Waals surface area contributed by atoms with Crippen molar-refractivity contribution in [3.63, 3.8) is 0 Å². The van der Waals surface area contributed by atoms with Gasteiger partial charge >= 0.3 is 0 Å². The average molecular weight is 381 g/mol. The SMILES string of the molecule is C=C/C=C\c1c(CC(=O)NCCNc2nsc3ccccc23)cn(C)c1C. The third kappa shape index (κ3) is 4.46. The lowest BCUT2D eigenvalue weighted by Crippen LogP contribution is -2.30. The maximum Gasteiger partial charge on any atom is 0.224 e. The van der Waals surface area contributed by atoms with E-state index in [1.54, 1.807) is 6.08 Å². The van der Waals surface area contributed by atoms with Gasteiger partial charge in [-0.2, -0.15) is 4.37 Å². The highest BCUT2D eigenvalue weighted by atomic mass is 32.1. The number of anilines is 1. The van der Waals surface area contributed by atoms with Gasteiger partial charge in [0.1, 0.15) is 5.82 Å². The molecule has 2 heterocycles. The van der Waals surface area contributed by atoms with Crippen molar-refractivity contribution in [2.75, 3.05) is 18.4 Å². The van der Waals surface area contributed by atoms with Gasteiger partial charge < -0.3 is 15.2 Å². The van der Waals surface area contributed by atoms with Crippen molar-refractivity contribution in [3.8, 4) is 0 Å². The zero-order valence-corrected chi connectivity index (χ0v) is 16.5. The topological polar surface area (TPSA) is 59.0 Å². The predicted molar refractivity (Wildman–Crippen MR) is 114 cm³/mol. The molecule has 27 heavy (non-hydrogen) atoms. The second kappa shape index (κ2) is 8.68. The maximum absolute atomic E-state index is 12.3. The van der Waals surface area contributed by atoms with E-state index in [1.165, 1.54) is 11.5 Å². The highest BCUT2D eigenvalue weighted by Crippen LogP contribution is 2.25. The van der Waals surface area contributed by atoms with Crippen LogP contribution >= 0.6 is 11.5 Å². The molecular formula is C21H24N4OS. The molecule has 0 saturated heterocycles. The summed E-state index contributed by atoms with van der Waals surface area (Å²) in [6, 6.07) is 8.12. The van der Waals surface area contributed by atoms with E-state index in [4.69, 9.17) is 0 Å². The molecule has 1 amide bonds. The number of hydrogen-bond acceptors (Lipinski definition) is 4. The molecule has 0 saturated carbocycles. The van der Waals surface area contributed by atoms with Crippen LogP contribution in [0.25, 0.3) is 16.2 Å². The number of nitrogens with zero attached hydrogens (tertiary/aromatic N) is 2. The van der Waals surface area contributed by atoms with Gasteiger partial charge in [-0.15, -0.1) is 0 Å². The summed E-state index contributed by atoms with van der Waals surface area (Å²) in [7, 11) is 1.99. The Balaban J connectivity index is 1.52. The molecule has 2 aromatic heterocycles. The van der Waals surface area contributed by atoms with E-state index in [0.29, 0.717) is 19.5 Å². The highest BCUT2D eigenvalue weighted by molar-refractivity contribution is 7.13. The molecular weight excluding hydrogens is 356 g/mol. The molecule has 0 radical (unpaired) electrons. The molecule has 140 valence electrons. The minimum absolute atomic E-state index is 0.0128. The number of aromatic nitrogens is 2. The van der Waals surface area contributed by atoms with Crippen molar-refractivity contribution < 1.29 is 4.79 Å². The van der Waals surface area contributed by atoms with Crippen LogP contribution in [0.2, 0.25) is 0 Å². The van der Waals surface area contributed by atoms with Crippen LogP contribution in [0.1, 0.15) is 16.8 Å². The Morgan fingerprint density at radius 3 is 2.96 bits per heavy atom. The molecule has 0 aliphatic rings. The van der Waals surface area contributed by atoms with Crippen molar-refractivity contribution in [3.05, 3.63) is 66.0 Å². The second-order valence-corrected chi connectivity index (χ2v) is 7.14.